The molecule has 2 amide bonds. The van der Waals surface area contributed by atoms with E-state index in [2.05, 4.69) is 0 Å². The minimum atomic E-state index is -4.42. The molecule has 1 spiro atoms. The van der Waals surface area contributed by atoms with Crippen molar-refractivity contribution in [1.29, 1.82) is 0 Å². The molecule has 0 aromatic heterocycles. The summed E-state index contributed by atoms with van der Waals surface area (Å²) >= 11 is 1.40. The highest BCUT2D eigenvalue weighted by molar-refractivity contribution is 8.01. The van der Waals surface area contributed by atoms with Crippen LogP contribution in [-0.2, 0) is 27.2 Å². The Morgan fingerprint density at radius 3 is 2.52 bits per heavy atom. The summed E-state index contributed by atoms with van der Waals surface area (Å²) in [5.41, 5.74) is 1.13. The molecule has 2 heterocycles. The number of hydrogen-bond acceptors (Lipinski definition) is 4. The first-order valence-electron chi connectivity index (χ1n) is 9.83. The Hall–Kier alpha value is -2.68. The minimum Gasteiger partial charge on any atom is -0.497 e. The Morgan fingerprint density at radius 1 is 1.19 bits per heavy atom. The molecule has 1 saturated heterocycles. The van der Waals surface area contributed by atoms with Gasteiger partial charge in [-0.25, -0.2) is 0 Å². The third-order valence-corrected chi connectivity index (χ3v) is 7.05. The first-order valence-corrected chi connectivity index (χ1v) is 10.8. The molecule has 5 nitrogen and oxygen atoms in total. The van der Waals surface area contributed by atoms with Gasteiger partial charge in [0.15, 0.2) is 4.87 Å². The number of rotatable bonds is 4. The van der Waals surface area contributed by atoms with Crippen LogP contribution < -0.4 is 9.64 Å². The number of fused-ring (bicyclic) bond motifs is 2. The number of alkyl halides is 3. The van der Waals surface area contributed by atoms with E-state index in [9.17, 15) is 22.8 Å². The second-order valence-corrected chi connectivity index (χ2v) is 8.65. The Labute approximate surface area is 182 Å². The molecule has 0 bridgehead atoms. The lowest BCUT2D eigenvalue weighted by molar-refractivity contribution is -0.139. The SMILES string of the molecule is CCC(=O)N1CCS[C@]12C(=O)N(Cc1ccc(C(F)(F)F)cc1)c1ccc(OC)cc12. The fourth-order valence-corrected chi connectivity index (χ4v) is 5.58. The van der Waals surface area contributed by atoms with Crippen LogP contribution in [0, 0.1) is 0 Å². The van der Waals surface area contributed by atoms with E-state index in [0.29, 0.717) is 34.9 Å². The molecule has 1 fully saturated rings. The van der Waals surface area contributed by atoms with Crippen LogP contribution in [0.15, 0.2) is 42.5 Å². The number of halogens is 3. The maximum absolute atomic E-state index is 13.7. The number of hydrogen-bond donors (Lipinski definition) is 0. The van der Waals surface area contributed by atoms with Gasteiger partial charge in [0.05, 0.1) is 24.9 Å². The molecule has 4 rings (SSSR count). The average Bonchev–Trinajstić information content (AvgIpc) is 3.30. The van der Waals surface area contributed by atoms with Gasteiger partial charge >= 0.3 is 6.18 Å². The number of benzene rings is 2. The van der Waals surface area contributed by atoms with Crippen molar-refractivity contribution in [2.75, 3.05) is 24.3 Å². The van der Waals surface area contributed by atoms with Crippen LogP contribution in [0.25, 0.3) is 0 Å². The first-order chi connectivity index (χ1) is 14.7. The summed E-state index contributed by atoms with van der Waals surface area (Å²) < 4.78 is 44.0. The molecule has 1 atom stereocenters. The van der Waals surface area contributed by atoms with Crippen molar-refractivity contribution in [1.82, 2.24) is 4.90 Å². The molecule has 2 aromatic carbocycles. The van der Waals surface area contributed by atoms with Crippen LogP contribution in [0.2, 0.25) is 0 Å². The zero-order valence-electron chi connectivity index (χ0n) is 17.0. The number of nitrogens with zero attached hydrogens (tertiary/aromatic N) is 2. The predicted molar refractivity (Wildman–Crippen MR) is 112 cm³/mol. The van der Waals surface area contributed by atoms with Crippen molar-refractivity contribution < 1.29 is 27.5 Å². The lowest BCUT2D eigenvalue weighted by atomic mass is 10.0. The molecular formula is C22H21F3N2O3S. The van der Waals surface area contributed by atoms with Crippen molar-refractivity contribution in [3.63, 3.8) is 0 Å². The molecule has 0 unspecified atom stereocenters. The lowest BCUT2D eigenvalue weighted by Gasteiger charge is -2.33. The van der Waals surface area contributed by atoms with Crippen LogP contribution in [0.1, 0.15) is 30.0 Å². The van der Waals surface area contributed by atoms with Crippen LogP contribution in [0.4, 0.5) is 18.9 Å². The van der Waals surface area contributed by atoms with E-state index < -0.39 is 16.6 Å². The third-order valence-electron chi connectivity index (χ3n) is 5.63. The van der Waals surface area contributed by atoms with Gasteiger partial charge in [0, 0.05) is 24.3 Å². The fraction of sp³-hybridized carbons (Fsp3) is 0.364. The molecule has 2 aliphatic heterocycles. The van der Waals surface area contributed by atoms with Gasteiger partial charge in [-0.05, 0) is 35.9 Å². The number of methoxy groups -OCH3 is 1. The van der Waals surface area contributed by atoms with E-state index in [1.54, 1.807) is 34.9 Å². The van der Waals surface area contributed by atoms with Crippen LogP contribution in [-0.4, -0.2) is 36.1 Å². The lowest BCUT2D eigenvalue weighted by Crippen LogP contribution is -2.50. The maximum atomic E-state index is 13.7. The number of amides is 2. The molecule has 0 radical (unpaired) electrons. The molecular weight excluding hydrogens is 429 g/mol. The summed E-state index contributed by atoms with van der Waals surface area (Å²) in [6.45, 7) is 2.31. The van der Waals surface area contributed by atoms with Crippen molar-refractivity contribution in [2.24, 2.45) is 0 Å². The van der Waals surface area contributed by atoms with Gasteiger partial charge in [0.25, 0.3) is 5.91 Å². The van der Waals surface area contributed by atoms with Gasteiger partial charge in [-0.2, -0.15) is 13.2 Å². The molecule has 9 heteroatoms. The quantitative estimate of drug-likeness (QED) is 0.693. The third kappa shape index (κ3) is 3.44. The topological polar surface area (TPSA) is 49.9 Å². The first kappa shape index (κ1) is 21.5. The molecule has 2 aliphatic rings. The van der Waals surface area contributed by atoms with E-state index in [-0.39, 0.29) is 24.8 Å². The van der Waals surface area contributed by atoms with E-state index in [1.807, 2.05) is 0 Å². The van der Waals surface area contributed by atoms with Gasteiger partial charge in [0.1, 0.15) is 5.75 Å². The second-order valence-electron chi connectivity index (χ2n) is 7.36. The minimum absolute atomic E-state index is 0.104. The van der Waals surface area contributed by atoms with Crippen molar-refractivity contribution in [3.05, 3.63) is 59.2 Å². The summed E-state index contributed by atoms with van der Waals surface area (Å²) in [4.78, 5) is 28.4. The predicted octanol–water partition coefficient (Wildman–Crippen LogP) is 4.40. The van der Waals surface area contributed by atoms with E-state index >= 15 is 0 Å². The van der Waals surface area contributed by atoms with Crippen molar-refractivity contribution >= 4 is 29.3 Å². The second kappa shape index (κ2) is 7.78. The number of thioether (sulfide) groups is 1. The van der Waals surface area contributed by atoms with Crippen LogP contribution in [0.5, 0.6) is 5.75 Å². The summed E-state index contributed by atoms with van der Waals surface area (Å²) in [5.74, 6) is 0.796. The Kier molecular flexibility index (Phi) is 5.41. The smallest absolute Gasteiger partial charge is 0.416 e. The molecule has 2 aromatic rings. The van der Waals surface area contributed by atoms with E-state index in [0.717, 1.165) is 12.1 Å². The largest absolute Gasteiger partial charge is 0.497 e. The van der Waals surface area contributed by atoms with Gasteiger partial charge in [-0.15, -0.1) is 11.8 Å². The maximum Gasteiger partial charge on any atom is 0.416 e. The number of anilines is 1. The summed E-state index contributed by atoms with van der Waals surface area (Å²) in [6, 6.07) is 10.0. The van der Waals surface area contributed by atoms with Crippen LogP contribution >= 0.6 is 11.8 Å². The van der Waals surface area contributed by atoms with E-state index in [4.69, 9.17) is 4.74 Å². The standard InChI is InChI=1S/C22H21F3N2O3S/c1-3-19(28)27-10-11-31-21(27)17-12-16(30-2)8-9-18(17)26(20(21)29)13-14-4-6-15(7-5-14)22(23,24)25/h4-9,12H,3,10-11,13H2,1-2H3/t21-/m1/s1. The number of carbonyl (C=O) groups is 2. The van der Waals surface area contributed by atoms with Gasteiger partial charge in [0.2, 0.25) is 5.91 Å². The van der Waals surface area contributed by atoms with Crippen molar-refractivity contribution in [2.45, 2.75) is 30.9 Å². The van der Waals surface area contributed by atoms with Crippen LogP contribution in [0.3, 0.4) is 0 Å². The van der Waals surface area contributed by atoms with Crippen molar-refractivity contribution in [3.8, 4) is 5.75 Å². The highest BCUT2D eigenvalue weighted by Gasteiger charge is 2.59. The Balaban J connectivity index is 1.76. The molecule has 0 saturated carbocycles. The van der Waals surface area contributed by atoms with Gasteiger partial charge in [-0.3, -0.25) is 9.59 Å². The monoisotopic (exact) mass is 450 g/mol. The Bertz CT molecular complexity index is 1030. The molecule has 31 heavy (non-hydrogen) atoms. The zero-order valence-corrected chi connectivity index (χ0v) is 17.8. The molecule has 0 aliphatic carbocycles. The summed E-state index contributed by atoms with van der Waals surface area (Å²) in [7, 11) is 1.53. The molecule has 0 N–H and O–H groups in total. The zero-order chi connectivity index (χ0) is 22.4. The highest BCUT2D eigenvalue weighted by atomic mass is 32.2. The summed E-state index contributed by atoms with van der Waals surface area (Å²) in [5, 5.41) is 0. The fourth-order valence-electron chi connectivity index (χ4n) is 4.11. The van der Waals surface area contributed by atoms with E-state index in [1.165, 1.54) is 31.0 Å². The number of ether oxygens (including phenoxy) is 1. The molecule has 164 valence electrons. The van der Waals surface area contributed by atoms with Gasteiger partial charge in [-0.1, -0.05) is 19.1 Å². The highest BCUT2D eigenvalue weighted by Crippen LogP contribution is 2.55. The number of carbonyl (C=O) groups excluding carboxylic acids is 2. The normalized spacial score (nSPS) is 20.5. The Morgan fingerprint density at radius 2 is 1.90 bits per heavy atom. The van der Waals surface area contributed by atoms with Gasteiger partial charge < -0.3 is 14.5 Å². The average molecular weight is 450 g/mol. The summed E-state index contributed by atoms with van der Waals surface area (Å²) in [6.07, 6.45) is -4.15.